The molecule has 1 amide bonds. The van der Waals surface area contributed by atoms with E-state index in [9.17, 15) is 9.59 Å². The lowest BCUT2D eigenvalue weighted by atomic mass is 9.73. The molecular weight excluding hydrogens is 358 g/mol. The first kappa shape index (κ1) is 18.0. The third-order valence-electron chi connectivity index (χ3n) is 5.67. The Hall–Kier alpha value is -2.39. The Morgan fingerprint density at radius 2 is 1.74 bits per heavy atom. The first-order valence-corrected chi connectivity index (χ1v) is 9.84. The van der Waals surface area contributed by atoms with Crippen molar-refractivity contribution in [2.75, 3.05) is 0 Å². The maximum atomic E-state index is 13.1. The molecular formula is C23H22ClNO2. The normalized spacial score (nSPS) is 22.4. The van der Waals surface area contributed by atoms with Crippen molar-refractivity contribution in [2.45, 2.75) is 44.4 Å². The summed E-state index contributed by atoms with van der Waals surface area (Å²) in [5, 5.41) is 3.64. The largest absolute Gasteiger partial charge is 0.329 e. The van der Waals surface area contributed by atoms with Crippen molar-refractivity contribution < 1.29 is 9.59 Å². The van der Waals surface area contributed by atoms with Crippen LogP contribution in [-0.4, -0.2) is 11.7 Å². The van der Waals surface area contributed by atoms with E-state index < -0.39 is 0 Å². The highest BCUT2D eigenvalue weighted by molar-refractivity contribution is 6.31. The van der Waals surface area contributed by atoms with Crippen molar-refractivity contribution in [2.24, 2.45) is 0 Å². The fraction of sp³-hybridized carbons (Fsp3) is 0.304. The lowest BCUT2D eigenvalue weighted by molar-refractivity contribution is -0.122. The molecule has 4 rings (SSSR count). The highest BCUT2D eigenvalue weighted by Gasteiger charge is 2.38. The first-order valence-electron chi connectivity index (χ1n) is 9.46. The minimum Gasteiger partial charge on any atom is -0.329 e. The number of rotatable bonds is 3. The zero-order valence-electron chi connectivity index (χ0n) is 15.3. The van der Waals surface area contributed by atoms with Gasteiger partial charge >= 0.3 is 0 Å². The molecule has 0 radical (unpaired) electrons. The molecule has 0 bridgehead atoms. The second kappa shape index (κ2) is 7.32. The van der Waals surface area contributed by atoms with Gasteiger partial charge in [0, 0.05) is 35.1 Å². The number of aryl methyl sites for hydroxylation is 1. The summed E-state index contributed by atoms with van der Waals surface area (Å²) in [6.45, 7) is 2.11. The molecule has 2 atom stereocenters. The number of amides is 1. The molecule has 1 aliphatic carbocycles. The van der Waals surface area contributed by atoms with Gasteiger partial charge in [-0.25, -0.2) is 0 Å². The SMILES string of the molecule is CCc1ccc([C@@H]2CC(=O)NC3=C2C(=O)C[C@H](c2ccccc2Cl)C3)cc1. The van der Waals surface area contributed by atoms with E-state index in [4.69, 9.17) is 11.6 Å². The number of benzene rings is 2. The van der Waals surface area contributed by atoms with Crippen molar-refractivity contribution in [3.05, 3.63) is 81.5 Å². The smallest absolute Gasteiger partial charge is 0.225 e. The van der Waals surface area contributed by atoms with Crippen LogP contribution in [-0.2, 0) is 16.0 Å². The summed E-state index contributed by atoms with van der Waals surface area (Å²) in [7, 11) is 0. The summed E-state index contributed by atoms with van der Waals surface area (Å²) >= 11 is 6.35. The minimum atomic E-state index is -0.153. The Bertz CT molecular complexity index is 930. The van der Waals surface area contributed by atoms with Gasteiger partial charge in [-0.3, -0.25) is 9.59 Å². The van der Waals surface area contributed by atoms with Crippen LogP contribution in [0, 0.1) is 0 Å². The molecule has 2 aromatic rings. The summed E-state index contributed by atoms with van der Waals surface area (Å²) in [6.07, 6.45) is 2.37. The number of hydrogen-bond donors (Lipinski definition) is 1. The number of carbonyl (C=O) groups excluding carboxylic acids is 2. The summed E-state index contributed by atoms with van der Waals surface area (Å²) in [5.74, 6) is -0.0533. The van der Waals surface area contributed by atoms with Gasteiger partial charge in [-0.2, -0.15) is 0 Å². The van der Waals surface area contributed by atoms with Gasteiger partial charge in [0.2, 0.25) is 5.91 Å². The lowest BCUT2D eigenvalue weighted by Crippen LogP contribution is -2.38. The van der Waals surface area contributed by atoms with E-state index in [0.717, 1.165) is 28.8 Å². The second-order valence-corrected chi connectivity index (χ2v) is 7.75. The first-order chi connectivity index (χ1) is 13.1. The Labute approximate surface area is 164 Å². The average molecular weight is 380 g/mol. The number of carbonyl (C=O) groups is 2. The topological polar surface area (TPSA) is 46.2 Å². The van der Waals surface area contributed by atoms with E-state index in [0.29, 0.717) is 24.3 Å². The Morgan fingerprint density at radius 1 is 1.00 bits per heavy atom. The van der Waals surface area contributed by atoms with Crippen LogP contribution in [0.3, 0.4) is 0 Å². The van der Waals surface area contributed by atoms with E-state index in [1.165, 1.54) is 5.56 Å². The van der Waals surface area contributed by atoms with Crippen LogP contribution in [0.25, 0.3) is 0 Å². The summed E-state index contributed by atoms with van der Waals surface area (Å²) in [6, 6.07) is 15.9. The van der Waals surface area contributed by atoms with Gasteiger partial charge in [0.25, 0.3) is 0 Å². The van der Waals surface area contributed by atoms with Gasteiger partial charge in [0.15, 0.2) is 5.78 Å². The quantitative estimate of drug-likeness (QED) is 0.823. The van der Waals surface area contributed by atoms with E-state index >= 15 is 0 Å². The Kier molecular flexibility index (Phi) is 4.88. The predicted octanol–water partition coefficient (Wildman–Crippen LogP) is 4.91. The van der Waals surface area contributed by atoms with Gasteiger partial charge < -0.3 is 5.32 Å². The number of ketones is 1. The van der Waals surface area contributed by atoms with Gasteiger partial charge in [-0.05, 0) is 41.5 Å². The van der Waals surface area contributed by atoms with Crippen LogP contribution in [0.15, 0.2) is 59.8 Å². The van der Waals surface area contributed by atoms with E-state index in [-0.39, 0.29) is 23.5 Å². The molecule has 1 N–H and O–H groups in total. The van der Waals surface area contributed by atoms with Crippen molar-refractivity contribution in [1.82, 2.24) is 5.32 Å². The monoisotopic (exact) mass is 379 g/mol. The van der Waals surface area contributed by atoms with E-state index in [1.807, 2.05) is 24.3 Å². The molecule has 4 heteroatoms. The zero-order chi connectivity index (χ0) is 19.0. The Morgan fingerprint density at radius 3 is 2.44 bits per heavy atom. The molecule has 3 nitrogen and oxygen atoms in total. The van der Waals surface area contributed by atoms with Crippen LogP contribution < -0.4 is 5.32 Å². The van der Waals surface area contributed by atoms with Gasteiger partial charge in [0.1, 0.15) is 0 Å². The number of halogens is 1. The minimum absolute atomic E-state index is 0.00599. The second-order valence-electron chi connectivity index (χ2n) is 7.34. The zero-order valence-corrected chi connectivity index (χ0v) is 16.1. The molecule has 27 heavy (non-hydrogen) atoms. The van der Waals surface area contributed by atoms with E-state index in [1.54, 1.807) is 0 Å². The highest BCUT2D eigenvalue weighted by Crippen LogP contribution is 2.43. The lowest BCUT2D eigenvalue weighted by Gasteiger charge is -2.34. The van der Waals surface area contributed by atoms with Crippen LogP contribution >= 0.6 is 11.6 Å². The highest BCUT2D eigenvalue weighted by atomic mass is 35.5. The molecule has 0 saturated carbocycles. The molecule has 0 fully saturated rings. The van der Waals surface area contributed by atoms with Crippen LogP contribution in [0.1, 0.15) is 54.7 Å². The predicted molar refractivity (Wildman–Crippen MR) is 107 cm³/mol. The summed E-state index contributed by atoms with van der Waals surface area (Å²) < 4.78 is 0. The molecule has 0 aromatic heterocycles. The molecule has 2 aliphatic rings. The van der Waals surface area contributed by atoms with Gasteiger partial charge in [-0.15, -0.1) is 0 Å². The Balaban J connectivity index is 1.70. The van der Waals surface area contributed by atoms with Crippen molar-refractivity contribution in [3.63, 3.8) is 0 Å². The summed E-state index contributed by atoms with van der Waals surface area (Å²) in [5.41, 5.74) is 4.82. The van der Waals surface area contributed by atoms with Crippen molar-refractivity contribution >= 4 is 23.3 Å². The standard InChI is InChI=1S/C23H22ClNO2/c1-2-14-7-9-15(10-8-14)18-13-22(27)25-20-11-16(12-21(26)23(18)20)17-5-3-4-6-19(17)24/h3-10,16,18H,2,11-13H2,1H3,(H,25,27)/t16-,18+/m1/s1. The van der Waals surface area contributed by atoms with Gasteiger partial charge in [-0.1, -0.05) is 61.0 Å². The third kappa shape index (κ3) is 3.44. The molecule has 0 saturated heterocycles. The van der Waals surface area contributed by atoms with Crippen molar-refractivity contribution in [1.29, 1.82) is 0 Å². The number of allylic oxidation sites excluding steroid dienone is 2. The number of Topliss-reactive ketones (excluding diaryl/α,β-unsaturated/α-hetero) is 1. The molecule has 1 heterocycles. The maximum Gasteiger partial charge on any atom is 0.225 e. The number of hydrogen-bond acceptors (Lipinski definition) is 2. The van der Waals surface area contributed by atoms with E-state index in [2.05, 4.69) is 36.5 Å². The van der Waals surface area contributed by atoms with Crippen LogP contribution in [0.2, 0.25) is 5.02 Å². The maximum absolute atomic E-state index is 13.1. The number of nitrogens with one attached hydrogen (secondary N) is 1. The fourth-order valence-corrected chi connectivity index (χ4v) is 4.55. The summed E-state index contributed by atoms with van der Waals surface area (Å²) in [4.78, 5) is 25.4. The van der Waals surface area contributed by atoms with Crippen LogP contribution in [0.5, 0.6) is 0 Å². The van der Waals surface area contributed by atoms with Gasteiger partial charge in [0.05, 0.1) is 0 Å². The van der Waals surface area contributed by atoms with Crippen molar-refractivity contribution in [3.8, 4) is 0 Å². The van der Waals surface area contributed by atoms with Crippen LogP contribution in [0.4, 0.5) is 0 Å². The third-order valence-corrected chi connectivity index (χ3v) is 6.02. The molecule has 0 spiro atoms. The molecule has 2 aromatic carbocycles. The fourth-order valence-electron chi connectivity index (χ4n) is 4.26. The molecule has 138 valence electrons. The average Bonchev–Trinajstić information content (AvgIpc) is 2.67. The molecule has 0 unspecified atom stereocenters. The molecule has 1 aliphatic heterocycles.